The van der Waals surface area contributed by atoms with Gasteiger partial charge in [-0.3, -0.25) is 4.70 Å². The van der Waals surface area contributed by atoms with Crippen molar-refractivity contribution in [3.8, 4) is 0 Å². The van der Waals surface area contributed by atoms with E-state index in [0.29, 0.717) is 0 Å². The van der Waals surface area contributed by atoms with Crippen LogP contribution in [0.2, 0.25) is 0 Å². The Hall–Kier alpha value is -0.800. The summed E-state index contributed by atoms with van der Waals surface area (Å²) in [5, 5.41) is 51.8. The Morgan fingerprint density at radius 2 is 1.50 bits per heavy atom. The van der Waals surface area contributed by atoms with Gasteiger partial charge in [-0.2, -0.15) is 0 Å². The Bertz CT molecular complexity index is 176. The van der Waals surface area contributed by atoms with Crippen molar-refractivity contribution in [1.29, 1.82) is 0 Å². The predicted octanol–water partition coefficient (Wildman–Crippen LogP) is -3.34. The number of aliphatic carboxylic acids is 1. The Morgan fingerprint density at radius 3 is 1.79 bits per heavy atom. The van der Waals surface area contributed by atoms with E-state index in [0.717, 1.165) is 0 Å². The van der Waals surface area contributed by atoms with E-state index >= 15 is 0 Å². The lowest BCUT2D eigenvalue weighted by molar-refractivity contribution is -0.164. The molecular weight excluding hydrogens is 203 g/mol. The first-order valence-corrected chi connectivity index (χ1v) is 3.47. The molecule has 14 heavy (non-hydrogen) atoms. The highest BCUT2D eigenvalue weighted by Gasteiger charge is 2.33. The Morgan fingerprint density at radius 1 is 1.07 bits per heavy atom. The topological polar surface area (TPSA) is 138 Å². The van der Waals surface area contributed by atoms with Crippen LogP contribution in [-0.4, -0.2) is 67.6 Å². The fourth-order valence-electron chi connectivity index (χ4n) is 0.668. The van der Waals surface area contributed by atoms with Gasteiger partial charge in [-0.05, 0) is 0 Å². The third-order valence-corrected chi connectivity index (χ3v) is 1.51. The average Bonchev–Trinajstić information content (AvgIpc) is 2.12. The van der Waals surface area contributed by atoms with Crippen molar-refractivity contribution < 1.29 is 40.1 Å². The van der Waals surface area contributed by atoms with Crippen molar-refractivity contribution in [2.24, 2.45) is 0 Å². The molecule has 0 bridgehead atoms. The summed E-state index contributed by atoms with van der Waals surface area (Å²) in [5.41, 5.74) is 0. The molecule has 0 heterocycles. The van der Waals surface area contributed by atoms with Gasteiger partial charge < -0.3 is 30.6 Å². The van der Waals surface area contributed by atoms with E-state index in [1.807, 2.05) is 0 Å². The number of hydrogen-bond donors (Lipinski definition) is 6. The summed E-state index contributed by atoms with van der Waals surface area (Å²) in [4.78, 5) is 10.1. The van der Waals surface area contributed by atoms with Crippen molar-refractivity contribution in [1.82, 2.24) is 0 Å². The quantitative estimate of drug-likeness (QED) is 0.282. The van der Waals surface area contributed by atoms with Gasteiger partial charge in [0.1, 0.15) is 18.3 Å². The molecule has 0 amide bonds. The number of aliphatic hydroxyl groups excluding tert-OH is 5. The predicted molar refractivity (Wildman–Crippen MR) is 41.3 cm³/mol. The van der Waals surface area contributed by atoms with Crippen LogP contribution < -0.4 is 0 Å². The van der Waals surface area contributed by atoms with Crippen molar-refractivity contribution in [3.05, 3.63) is 0 Å². The number of rotatable bonds is 5. The first kappa shape index (κ1) is 15.7. The minimum Gasteiger partial charge on any atom is -0.479 e. The maximum absolute atomic E-state index is 10.1. The van der Waals surface area contributed by atoms with Gasteiger partial charge in [0.15, 0.2) is 6.10 Å². The Kier molecular flexibility index (Phi) is 7.41. The van der Waals surface area contributed by atoms with E-state index in [1.165, 1.54) is 0 Å². The second-order valence-electron chi connectivity index (χ2n) is 2.51. The first-order valence-electron chi connectivity index (χ1n) is 3.47. The monoisotopic (exact) mass is 216 g/mol. The molecule has 0 aromatic carbocycles. The summed E-state index contributed by atoms with van der Waals surface area (Å²) in [5.74, 6) is -1.73. The third kappa shape index (κ3) is 3.94. The second-order valence-corrected chi connectivity index (χ2v) is 2.51. The van der Waals surface area contributed by atoms with Gasteiger partial charge in [-0.25, -0.2) is 4.79 Å². The lowest BCUT2D eigenvalue weighted by Gasteiger charge is -2.23. The van der Waals surface area contributed by atoms with Gasteiger partial charge in [-0.1, -0.05) is 0 Å². The smallest absolute Gasteiger partial charge is 0.335 e. The van der Waals surface area contributed by atoms with Gasteiger partial charge in [0.2, 0.25) is 0 Å². The zero-order chi connectivity index (χ0) is 10.6. The molecule has 6 N–H and O–H groups in total. The first-order chi connectivity index (χ1) is 5.91. The Labute approximate surface area is 78.2 Å². The van der Waals surface area contributed by atoms with Gasteiger partial charge in [0.25, 0.3) is 0 Å². The summed E-state index contributed by atoms with van der Waals surface area (Å²) >= 11 is 0. The molecule has 0 saturated heterocycles. The van der Waals surface area contributed by atoms with Crippen LogP contribution in [0.25, 0.3) is 0 Å². The largest absolute Gasteiger partial charge is 0.479 e. The van der Waals surface area contributed by atoms with Crippen LogP contribution in [0.5, 0.6) is 0 Å². The maximum atomic E-state index is 10.1. The van der Waals surface area contributed by atoms with Gasteiger partial charge in [-0.15, -0.1) is 0 Å². The molecule has 8 heteroatoms. The number of halogens is 1. The zero-order valence-corrected chi connectivity index (χ0v) is 7.02. The summed E-state index contributed by atoms with van der Waals surface area (Å²) in [6.45, 7) is -0.843. The van der Waals surface area contributed by atoms with Crippen LogP contribution in [0.1, 0.15) is 0 Å². The van der Waals surface area contributed by atoms with Crippen LogP contribution >= 0.6 is 0 Å². The maximum Gasteiger partial charge on any atom is 0.335 e. The van der Waals surface area contributed by atoms with Crippen LogP contribution in [0.4, 0.5) is 4.70 Å². The zero-order valence-electron chi connectivity index (χ0n) is 7.02. The molecule has 0 saturated carbocycles. The molecule has 0 aliphatic carbocycles. The number of aliphatic hydroxyl groups is 5. The molecule has 86 valence electrons. The number of carbonyl (C=O) groups is 1. The lowest BCUT2D eigenvalue weighted by atomic mass is 10.0. The molecule has 0 aromatic heterocycles. The highest BCUT2D eigenvalue weighted by Crippen LogP contribution is 2.04. The molecule has 4 atom stereocenters. The normalized spacial score (nSPS) is 18.9. The highest BCUT2D eigenvalue weighted by atomic mass is 19.0. The number of carboxylic acid groups (broad SMARTS) is 1. The van der Waals surface area contributed by atoms with E-state index in [2.05, 4.69) is 0 Å². The van der Waals surface area contributed by atoms with Crippen molar-refractivity contribution in [2.75, 3.05) is 6.61 Å². The SMILES string of the molecule is F.O=C(O)[C@H](O)[C@@H](O)[C@H](O)[C@H](O)CO. The minimum absolute atomic E-state index is 0. The minimum atomic E-state index is -2.20. The van der Waals surface area contributed by atoms with E-state index < -0.39 is 37.0 Å². The van der Waals surface area contributed by atoms with Crippen molar-refractivity contribution in [3.63, 3.8) is 0 Å². The molecule has 0 spiro atoms. The molecule has 0 radical (unpaired) electrons. The highest BCUT2D eigenvalue weighted by molar-refractivity contribution is 5.72. The van der Waals surface area contributed by atoms with Crippen LogP contribution in [0.15, 0.2) is 0 Å². The number of carboxylic acids is 1. The van der Waals surface area contributed by atoms with E-state index in [-0.39, 0.29) is 4.70 Å². The van der Waals surface area contributed by atoms with Gasteiger partial charge in [0.05, 0.1) is 6.61 Å². The van der Waals surface area contributed by atoms with Crippen molar-refractivity contribution in [2.45, 2.75) is 24.4 Å². The van der Waals surface area contributed by atoms with E-state index in [1.54, 1.807) is 0 Å². The van der Waals surface area contributed by atoms with Gasteiger partial charge >= 0.3 is 5.97 Å². The molecule has 0 unspecified atom stereocenters. The molecule has 0 fully saturated rings. The molecular formula is C6H13FO7. The van der Waals surface area contributed by atoms with Crippen LogP contribution in [0, 0.1) is 0 Å². The summed E-state index contributed by atoms with van der Waals surface area (Å²) < 4.78 is 0. The lowest BCUT2D eigenvalue weighted by Crippen LogP contribution is -2.48. The molecule has 0 aromatic rings. The van der Waals surface area contributed by atoms with Crippen molar-refractivity contribution >= 4 is 5.97 Å². The standard InChI is InChI=1S/C6H12O7.FH/c7-1-2(8)3(9)4(10)5(11)6(12)13;/h2-5,7-11H,1H2,(H,12,13);1H/t2-,3-,4+,5-;/m1./s1. The Balaban J connectivity index is 0. The molecule has 7 nitrogen and oxygen atoms in total. The fraction of sp³-hybridized carbons (Fsp3) is 0.833. The summed E-state index contributed by atoms with van der Waals surface area (Å²) in [6, 6.07) is 0. The van der Waals surface area contributed by atoms with Crippen LogP contribution in [0.3, 0.4) is 0 Å². The number of hydrogen-bond acceptors (Lipinski definition) is 6. The van der Waals surface area contributed by atoms with Crippen LogP contribution in [-0.2, 0) is 4.79 Å². The molecule has 0 rings (SSSR count). The van der Waals surface area contributed by atoms with E-state index in [9.17, 15) is 4.79 Å². The summed E-state index contributed by atoms with van der Waals surface area (Å²) in [6.07, 6.45) is -7.84. The fourth-order valence-corrected chi connectivity index (χ4v) is 0.668. The van der Waals surface area contributed by atoms with Gasteiger partial charge in [0, 0.05) is 0 Å². The molecule has 0 aliphatic heterocycles. The van der Waals surface area contributed by atoms with E-state index in [4.69, 9.17) is 30.6 Å². The second kappa shape index (κ2) is 6.62. The summed E-state index contributed by atoms with van der Waals surface area (Å²) in [7, 11) is 0. The average molecular weight is 216 g/mol. The molecule has 0 aliphatic rings. The third-order valence-electron chi connectivity index (χ3n) is 1.51.